The Morgan fingerprint density at radius 3 is 2.76 bits per heavy atom. The first-order chi connectivity index (χ1) is 9.82. The number of carboxylic acid groups (broad SMARTS) is 1. The highest BCUT2D eigenvalue weighted by atomic mass is 19.2. The topological polar surface area (TPSA) is 76.1 Å². The van der Waals surface area contributed by atoms with Crippen molar-refractivity contribution in [2.24, 2.45) is 0 Å². The molecule has 6 nitrogen and oxygen atoms in total. The highest BCUT2D eigenvalue weighted by Crippen LogP contribution is 2.37. The molecule has 0 saturated carbocycles. The van der Waals surface area contributed by atoms with Gasteiger partial charge in [-0.2, -0.15) is 9.45 Å². The Kier molecular flexibility index (Phi) is 3.79. The number of fused-ring (bicyclic) bond motifs is 1. The monoisotopic (exact) mass is 299 g/mol. The van der Waals surface area contributed by atoms with E-state index in [0.717, 1.165) is 11.1 Å². The molecule has 1 N–H and O–H groups in total. The standard InChI is InChI=1S/C13H11F2NO5/c1-6-5-20-11-9(4-3-8(14)10(11)15)16(6)21-13(19)7(2)12(17)18/h3-4,6H,2,5H2,1H3,(H,17,18). The molecular formula is C13H11F2NO5. The van der Waals surface area contributed by atoms with Crippen molar-refractivity contribution in [2.75, 3.05) is 11.7 Å². The van der Waals surface area contributed by atoms with Crippen molar-refractivity contribution in [3.05, 3.63) is 35.9 Å². The van der Waals surface area contributed by atoms with Gasteiger partial charge in [0, 0.05) is 0 Å². The molecule has 1 aliphatic rings. The molecule has 0 amide bonds. The number of rotatable bonds is 3. The fourth-order valence-corrected chi connectivity index (χ4v) is 1.71. The van der Waals surface area contributed by atoms with E-state index in [1.807, 2.05) is 0 Å². The third-order valence-electron chi connectivity index (χ3n) is 2.82. The largest absolute Gasteiger partial charge is 0.486 e. The first-order valence-corrected chi connectivity index (χ1v) is 5.87. The fourth-order valence-electron chi connectivity index (χ4n) is 1.71. The Bertz CT molecular complexity index is 631. The summed E-state index contributed by atoms with van der Waals surface area (Å²) in [4.78, 5) is 27.2. The maximum Gasteiger partial charge on any atom is 0.369 e. The number of aliphatic carboxylic acids is 1. The molecule has 0 fully saturated rings. The summed E-state index contributed by atoms with van der Waals surface area (Å²) >= 11 is 0. The summed E-state index contributed by atoms with van der Waals surface area (Å²) in [6, 6.07) is 1.50. The number of halogens is 2. The number of carbonyl (C=O) groups excluding carboxylic acids is 1. The minimum atomic E-state index is -1.54. The van der Waals surface area contributed by atoms with Gasteiger partial charge in [0.25, 0.3) is 0 Å². The highest BCUT2D eigenvalue weighted by Gasteiger charge is 2.32. The molecule has 8 heteroatoms. The van der Waals surface area contributed by atoms with E-state index in [2.05, 4.69) is 6.58 Å². The van der Waals surface area contributed by atoms with Gasteiger partial charge in [-0.3, -0.25) is 0 Å². The zero-order valence-electron chi connectivity index (χ0n) is 10.9. The molecule has 1 aromatic carbocycles. The third-order valence-corrected chi connectivity index (χ3v) is 2.82. The van der Waals surface area contributed by atoms with Crippen molar-refractivity contribution in [1.29, 1.82) is 0 Å². The first kappa shape index (κ1) is 14.8. The molecule has 0 spiro atoms. The fraction of sp³-hybridized carbons (Fsp3) is 0.231. The molecule has 2 rings (SSSR count). The lowest BCUT2D eigenvalue weighted by Crippen LogP contribution is -2.43. The summed E-state index contributed by atoms with van der Waals surface area (Å²) in [6.07, 6.45) is 0. The van der Waals surface area contributed by atoms with Gasteiger partial charge in [-0.05, 0) is 19.1 Å². The van der Waals surface area contributed by atoms with Crippen molar-refractivity contribution in [3.8, 4) is 5.75 Å². The van der Waals surface area contributed by atoms with Gasteiger partial charge in [-0.1, -0.05) is 6.58 Å². The predicted octanol–water partition coefficient (Wildman–Crippen LogP) is 1.65. The number of carbonyl (C=O) groups is 2. The summed E-state index contributed by atoms with van der Waals surface area (Å²) in [5.74, 6) is -5.46. The number of hydrogen-bond donors (Lipinski definition) is 1. The zero-order valence-corrected chi connectivity index (χ0v) is 10.9. The molecule has 0 radical (unpaired) electrons. The number of carboxylic acids is 1. The van der Waals surface area contributed by atoms with E-state index in [0.29, 0.717) is 0 Å². The van der Waals surface area contributed by atoms with Crippen LogP contribution in [0.3, 0.4) is 0 Å². The van der Waals surface area contributed by atoms with Gasteiger partial charge >= 0.3 is 11.9 Å². The molecule has 1 aliphatic heterocycles. The lowest BCUT2D eigenvalue weighted by atomic mass is 10.2. The van der Waals surface area contributed by atoms with E-state index in [4.69, 9.17) is 14.7 Å². The van der Waals surface area contributed by atoms with Crippen LogP contribution >= 0.6 is 0 Å². The summed E-state index contributed by atoms with van der Waals surface area (Å²) in [5, 5.41) is 9.64. The van der Waals surface area contributed by atoms with Gasteiger partial charge in [0.1, 0.15) is 17.9 Å². The van der Waals surface area contributed by atoms with Crippen molar-refractivity contribution >= 4 is 17.6 Å². The quantitative estimate of drug-likeness (QED) is 0.519. The van der Waals surface area contributed by atoms with E-state index in [1.54, 1.807) is 6.92 Å². The molecule has 1 unspecified atom stereocenters. The second-order valence-electron chi connectivity index (χ2n) is 4.36. The van der Waals surface area contributed by atoms with Crippen molar-refractivity contribution in [1.82, 2.24) is 0 Å². The zero-order chi connectivity index (χ0) is 15.7. The predicted molar refractivity (Wildman–Crippen MR) is 66.7 cm³/mol. The second-order valence-corrected chi connectivity index (χ2v) is 4.36. The average molecular weight is 299 g/mol. The molecule has 0 aromatic heterocycles. The lowest BCUT2D eigenvalue weighted by molar-refractivity contribution is -0.146. The Morgan fingerprint density at radius 1 is 1.48 bits per heavy atom. The van der Waals surface area contributed by atoms with Gasteiger partial charge in [0.2, 0.25) is 5.82 Å². The van der Waals surface area contributed by atoms with E-state index in [-0.39, 0.29) is 12.3 Å². The number of ether oxygens (including phenoxy) is 1. The van der Waals surface area contributed by atoms with Gasteiger partial charge in [0.05, 0.1) is 6.04 Å². The van der Waals surface area contributed by atoms with Crippen LogP contribution in [0.2, 0.25) is 0 Å². The Labute approximate surface area is 118 Å². The van der Waals surface area contributed by atoms with Crippen LogP contribution in [-0.4, -0.2) is 29.7 Å². The maximum absolute atomic E-state index is 13.6. The van der Waals surface area contributed by atoms with Crippen LogP contribution in [0.5, 0.6) is 5.75 Å². The van der Waals surface area contributed by atoms with E-state index < -0.39 is 40.9 Å². The van der Waals surface area contributed by atoms with Gasteiger partial charge in [-0.25, -0.2) is 14.0 Å². The van der Waals surface area contributed by atoms with Crippen LogP contribution < -0.4 is 9.80 Å². The summed E-state index contributed by atoms with van der Waals surface area (Å²) in [6.45, 7) is 4.60. The molecule has 0 saturated heterocycles. The summed E-state index contributed by atoms with van der Waals surface area (Å²) in [7, 11) is 0. The number of hydrogen-bond acceptors (Lipinski definition) is 5. The van der Waals surface area contributed by atoms with Crippen molar-refractivity contribution in [3.63, 3.8) is 0 Å². The molecular weight excluding hydrogens is 288 g/mol. The van der Waals surface area contributed by atoms with Crippen molar-refractivity contribution < 1.29 is 33.1 Å². The summed E-state index contributed by atoms with van der Waals surface area (Å²) in [5.41, 5.74) is -0.794. The number of benzene rings is 1. The Balaban J connectivity index is 2.33. The highest BCUT2D eigenvalue weighted by molar-refractivity contribution is 6.12. The molecule has 21 heavy (non-hydrogen) atoms. The van der Waals surface area contributed by atoms with E-state index in [9.17, 15) is 18.4 Å². The van der Waals surface area contributed by atoms with Crippen LogP contribution in [0.15, 0.2) is 24.3 Å². The third kappa shape index (κ3) is 2.64. The van der Waals surface area contributed by atoms with Gasteiger partial charge in [0.15, 0.2) is 11.6 Å². The molecule has 0 bridgehead atoms. The smallest absolute Gasteiger partial charge is 0.369 e. The molecule has 0 aliphatic carbocycles. The van der Waals surface area contributed by atoms with Crippen LogP contribution in [0.1, 0.15) is 6.92 Å². The van der Waals surface area contributed by atoms with Crippen molar-refractivity contribution in [2.45, 2.75) is 13.0 Å². The minimum absolute atomic E-state index is 0.0146. The molecule has 112 valence electrons. The number of anilines is 1. The summed E-state index contributed by atoms with van der Waals surface area (Å²) < 4.78 is 31.9. The van der Waals surface area contributed by atoms with Gasteiger partial charge in [-0.15, -0.1) is 0 Å². The maximum atomic E-state index is 13.6. The van der Waals surface area contributed by atoms with E-state index in [1.165, 1.54) is 6.07 Å². The molecule has 1 atom stereocenters. The number of hydroxylamine groups is 1. The van der Waals surface area contributed by atoms with Crippen LogP contribution in [0, 0.1) is 11.6 Å². The SMILES string of the molecule is C=C(C(=O)O)C(=O)ON1c2ccc(F)c(F)c2OCC1C. The molecule has 1 heterocycles. The minimum Gasteiger partial charge on any atom is -0.486 e. The normalized spacial score (nSPS) is 16.7. The van der Waals surface area contributed by atoms with Crippen LogP contribution in [0.4, 0.5) is 14.5 Å². The lowest BCUT2D eigenvalue weighted by Gasteiger charge is -2.34. The molecule has 1 aromatic rings. The average Bonchev–Trinajstić information content (AvgIpc) is 2.44. The second kappa shape index (κ2) is 5.39. The Morgan fingerprint density at radius 2 is 2.14 bits per heavy atom. The van der Waals surface area contributed by atoms with Crippen LogP contribution in [-0.2, 0) is 14.4 Å². The Hall–Kier alpha value is -2.64. The number of nitrogens with zero attached hydrogens (tertiary/aromatic N) is 1. The van der Waals surface area contributed by atoms with Crippen LogP contribution in [0.25, 0.3) is 0 Å². The van der Waals surface area contributed by atoms with E-state index >= 15 is 0 Å². The first-order valence-electron chi connectivity index (χ1n) is 5.87. The van der Waals surface area contributed by atoms with Gasteiger partial charge < -0.3 is 14.7 Å².